The van der Waals surface area contributed by atoms with E-state index in [1.807, 2.05) is 0 Å². The summed E-state index contributed by atoms with van der Waals surface area (Å²) in [7, 11) is 0. The molecule has 2 heteroatoms. The predicted molar refractivity (Wildman–Crippen MR) is 40.1 cm³/mol. The first-order valence-corrected chi connectivity index (χ1v) is 6.74. The molecule has 0 N–H and O–H groups in total. The molecule has 1 saturated heterocycles. The summed E-state index contributed by atoms with van der Waals surface area (Å²) >= 11 is 0. The standard InChI is InChI=1S/C6H15OP/c1-6-5-8(2,3,4)7-6/h6H,5H2,1-4H3. The molecule has 0 aromatic heterocycles. The van der Waals surface area contributed by atoms with Gasteiger partial charge in [0.15, 0.2) is 0 Å². The maximum absolute atomic E-state index is 5.64. The Kier molecular flexibility index (Phi) is 1.04. The first-order chi connectivity index (χ1) is 3.37. The summed E-state index contributed by atoms with van der Waals surface area (Å²) in [6.45, 7) is 7.49. The van der Waals surface area contributed by atoms with Crippen molar-refractivity contribution in [2.45, 2.75) is 13.0 Å². The van der Waals surface area contributed by atoms with Crippen molar-refractivity contribution in [3.05, 3.63) is 0 Å². The fourth-order valence-corrected chi connectivity index (χ4v) is 4.60. The summed E-state index contributed by atoms with van der Waals surface area (Å²) in [5.74, 6) is 0. The molecule has 1 atom stereocenters. The molecule has 0 saturated carbocycles. The first-order valence-electron chi connectivity index (χ1n) is 3.06. The second-order valence-corrected chi connectivity index (χ2v) is 10.6. The molecule has 0 bridgehead atoms. The summed E-state index contributed by atoms with van der Waals surface area (Å²) in [5, 5.41) is 0. The average Bonchev–Trinajstić information content (AvgIpc) is 1.22. The maximum atomic E-state index is 5.64. The number of hydrogen-bond donors (Lipinski definition) is 0. The molecule has 1 rings (SSSR count). The van der Waals surface area contributed by atoms with Crippen LogP contribution in [0.1, 0.15) is 6.92 Å². The van der Waals surface area contributed by atoms with Crippen LogP contribution in [0.4, 0.5) is 0 Å². The fraction of sp³-hybridized carbons (Fsp3) is 1.00. The Hall–Kier alpha value is 0.390. The van der Waals surface area contributed by atoms with Crippen LogP contribution in [0.15, 0.2) is 0 Å². The fourth-order valence-electron chi connectivity index (χ4n) is 1.53. The van der Waals surface area contributed by atoms with Crippen molar-refractivity contribution in [1.29, 1.82) is 0 Å². The molecule has 1 heterocycles. The summed E-state index contributed by atoms with van der Waals surface area (Å²) in [6.07, 6.45) is 1.85. The van der Waals surface area contributed by atoms with Crippen LogP contribution in [-0.2, 0) is 4.52 Å². The van der Waals surface area contributed by atoms with Crippen molar-refractivity contribution in [1.82, 2.24) is 0 Å². The van der Waals surface area contributed by atoms with Crippen LogP contribution >= 0.6 is 6.83 Å². The van der Waals surface area contributed by atoms with E-state index in [0.29, 0.717) is 6.10 Å². The Labute approximate surface area is 51.4 Å². The van der Waals surface area contributed by atoms with E-state index in [1.54, 1.807) is 0 Å². The molecular formula is C6H15OP. The van der Waals surface area contributed by atoms with Crippen LogP contribution in [0.3, 0.4) is 0 Å². The SMILES string of the molecule is CC1CP(C)(C)(C)O1. The van der Waals surface area contributed by atoms with E-state index in [0.717, 1.165) is 0 Å². The van der Waals surface area contributed by atoms with Crippen molar-refractivity contribution in [2.75, 3.05) is 26.2 Å². The molecule has 1 aliphatic heterocycles. The quantitative estimate of drug-likeness (QED) is 0.459. The third-order valence-electron chi connectivity index (χ3n) is 1.45. The monoisotopic (exact) mass is 134 g/mol. The average molecular weight is 134 g/mol. The third kappa shape index (κ3) is 1.21. The first kappa shape index (κ1) is 6.51. The van der Waals surface area contributed by atoms with E-state index in [-0.39, 0.29) is 0 Å². The van der Waals surface area contributed by atoms with Crippen molar-refractivity contribution in [3.63, 3.8) is 0 Å². The van der Waals surface area contributed by atoms with Gasteiger partial charge in [-0.05, 0) is 0 Å². The molecular weight excluding hydrogens is 119 g/mol. The van der Waals surface area contributed by atoms with E-state index >= 15 is 0 Å². The van der Waals surface area contributed by atoms with Gasteiger partial charge in [0.2, 0.25) is 0 Å². The molecule has 0 aromatic rings. The topological polar surface area (TPSA) is 9.23 Å². The normalized spacial score (nSPS) is 46.0. The number of rotatable bonds is 0. The second-order valence-electron chi connectivity index (χ2n) is 4.07. The van der Waals surface area contributed by atoms with Gasteiger partial charge in [-0.2, -0.15) is 0 Å². The van der Waals surface area contributed by atoms with Gasteiger partial charge in [-0.15, -0.1) is 0 Å². The van der Waals surface area contributed by atoms with Gasteiger partial charge in [0.1, 0.15) is 0 Å². The van der Waals surface area contributed by atoms with Crippen molar-refractivity contribution in [3.8, 4) is 0 Å². The van der Waals surface area contributed by atoms with Gasteiger partial charge in [-0.1, -0.05) is 0 Å². The number of hydrogen-bond acceptors (Lipinski definition) is 1. The molecule has 8 heavy (non-hydrogen) atoms. The molecule has 1 nitrogen and oxygen atoms in total. The van der Waals surface area contributed by atoms with E-state index in [9.17, 15) is 0 Å². The van der Waals surface area contributed by atoms with Gasteiger partial charge in [-0.25, -0.2) is 0 Å². The molecule has 0 amide bonds. The van der Waals surface area contributed by atoms with Gasteiger partial charge in [0.25, 0.3) is 0 Å². The van der Waals surface area contributed by atoms with E-state index < -0.39 is 6.83 Å². The Morgan fingerprint density at radius 1 is 1.38 bits per heavy atom. The Bertz CT molecular complexity index is 101. The summed E-state index contributed by atoms with van der Waals surface area (Å²) in [4.78, 5) is 0. The van der Waals surface area contributed by atoms with Crippen LogP contribution in [0.25, 0.3) is 0 Å². The summed E-state index contributed by atoms with van der Waals surface area (Å²) in [5.41, 5.74) is 0. The zero-order valence-corrected chi connectivity index (χ0v) is 7.03. The van der Waals surface area contributed by atoms with Crippen LogP contribution in [0.5, 0.6) is 0 Å². The predicted octanol–water partition coefficient (Wildman–Crippen LogP) is 1.76. The third-order valence-corrected chi connectivity index (χ3v) is 4.35. The van der Waals surface area contributed by atoms with Gasteiger partial charge in [0.05, 0.1) is 0 Å². The van der Waals surface area contributed by atoms with Crippen molar-refractivity contribution in [2.24, 2.45) is 0 Å². The zero-order valence-electron chi connectivity index (χ0n) is 6.14. The van der Waals surface area contributed by atoms with Gasteiger partial charge in [0, 0.05) is 0 Å². The minimum absolute atomic E-state index is 0.535. The van der Waals surface area contributed by atoms with Gasteiger partial charge >= 0.3 is 50.5 Å². The van der Waals surface area contributed by atoms with Gasteiger partial charge in [-0.3, -0.25) is 0 Å². The second kappa shape index (κ2) is 1.27. The Morgan fingerprint density at radius 3 is 1.75 bits per heavy atom. The molecule has 0 aromatic carbocycles. The zero-order chi connectivity index (χ0) is 6.44. The molecule has 0 radical (unpaired) electrons. The van der Waals surface area contributed by atoms with Crippen LogP contribution < -0.4 is 0 Å². The Balaban J connectivity index is 2.54. The van der Waals surface area contributed by atoms with E-state index in [4.69, 9.17) is 4.52 Å². The van der Waals surface area contributed by atoms with E-state index in [1.165, 1.54) is 6.16 Å². The molecule has 1 aliphatic rings. The molecule has 0 aliphatic carbocycles. The van der Waals surface area contributed by atoms with Crippen molar-refractivity contribution < 1.29 is 4.52 Å². The molecule has 0 spiro atoms. The van der Waals surface area contributed by atoms with Crippen molar-refractivity contribution >= 4 is 6.83 Å². The van der Waals surface area contributed by atoms with Crippen LogP contribution in [-0.4, -0.2) is 32.3 Å². The Morgan fingerprint density at radius 2 is 1.75 bits per heavy atom. The van der Waals surface area contributed by atoms with E-state index in [2.05, 4.69) is 26.9 Å². The molecule has 50 valence electrons. The minimum atomic E-state index is -1.46. The van der Waals surface area contributed by atoms with Gasteiger partial charge < -0.3 is 0 Å². The van der Waals surface area contributed by atoms with Crippen LogP contribution in [0, 0.1) is 0 Å². The van der Waals surface area contributed by atoms with Crippen LogP contribution in [0.2, 0.25) is 0 Å². The summed E-state index contributed by atoms with van der Waals surface area (Å²) in [6, 6.07) is 0. The molecule has 1 unspecified atom stereocenters. The molecule has 1 fully saturated rings. The summed E-state index contributed by atoms with van der Waals surface area (Å²) < 4.78 is 5.64.